The maximum absolute atomic E-state index is 13.9. The number of methoxy groups -OCH3 is 1. The molecule has 0 spiro atoms. The average molecular weight is 741 g/mol. The summed E-state index contributed by atoms with van der Waals surface area (Å²) in [5, 5.41) is 9.75. The highest BCUT2D eigenvalue weighted by Crippen LogP contribution is 2.28. The second-order valence-electron chi connectivity index (χ2n) is 15.1. The molecule has 1 aliphatic heterocycles. The van der Waals surface area contributed by atoms with Crippen LogP contribution in [0.3, 0.4) is 0 Å². The minimum Gasteiger partial charge on any atom is -0.499 e. The van der Waals surface area contributed by atoms with Crippen LogP contribution in [0.5, 0.6) is 0 Å². The molecule has 1 aliphatic rings. The molecule has 0 aliphatic carbocycles. The van der Waals surface area contributed by atoms with Crippen molar-refractivity contribution in [3.05, 3.63) is 95.9 Å². The van der Waals surface area contributed by atoms with Gasteiger partial charge >= 0.3 is 0 Å². The predicted octanol–water partition coefficient (Wildman–Crippen LogP) is 4.27. The van der Waals surface area contributed by atoms with Gasteiger partial charge in [-0.2, -0.15) is 0 Å². The summed E-state index contributed by atoms with van der Waals surface area (Å²) in [7, 11) is 5.15. The number of aromatic nitrogens is 1. The van der Waals surface area contributed by atoms with Crippen LogP contribution in [0.4, 0.5) is 0 Å². The summed E-state index contributed by atoms with van der Waals surface area (Å²) < 4.78 is 5.51. The van der Waals surface area contributed by atoms with Gasteiger partial charge in [0.2, 0.25) is 17.7 Å². The van der Waals surface area contributed by atoms with Gasteiger partial charge in [-0.25, -0.2) is 0 Å². The van der Waals surface area contributed by atoms with Crippen molar-refractivity contribution in [1.29, 1.82) is 0 Å². The monoisotopic (exact) mass is 740 g/mol. The van der Waals surface area contributed by atoms with E-state index < -0.39 is 53.8 Å². The van der Waals surface area contributed by atoms with E-state index in [1.807, 2.05) is 107 Å². The first-order valence-corrected chi connectivity index (χ1v) is 18.7. The van der Waals surface area contributed by atoms with Crippen LogP contribution < -0.4 is 16.0 Å². The van der Waals surface area contributed by atoms with E-state index in [0.29, 0.717) is 25.0 Å². The normalized spacial score (nSPS) is 16.8. The third-order valence-electron chi connectivity index (χ3n) is 9.48. The highest BCUT2D eigenvalue weighted by Gasteiger charge is 2.38. The fraction of sp³-hybridized carbons (Fsp3) is 0.452. The van der Waals surface area contributed by atoms with Crippen LogP contribution in [0.15, 0.2) is 84.8 Å². The smallest absolute Gasteiger partial charge is 0.257 e. The van der Waals surface area contributed by atoms with Gasteiger partial charge in [0, 0.05) is 48.1 Å². The molecular formula is C42H56N6O6. The van der Waals surface area contributed by atoms with Crippen molar-refractivity contribution >= 4 is 40.4 Å². The third kappa shape index (κ3) is 11.1. The Morgan fingerprint density at radius 2 is 1.48 bits per heavy atom. The molecule has 12 nitrogen and oxygen atoms in total. The van der Waals surface area contributed by atoms with E-state index in [2.05, 4.69) is 20.9 Å². The SMILES string of the molecule is COC1=CC(=O)N(C(=O)/C=C/[C@H](C)NC(=O)[C@H](CC(C)C)NC(=O)[C@H](Cc2ccccc2)NC(=O)[C@H](CC(C)C)N(C)C)[C@H]1Cc1c[nH]c2ccccc12. The minimum absolute atomic E-state index is 0.0533. The second-order valence-corrected chi connectivity index (χ2v) is 15.1. The zero-order valence-corrected chi connectivity index (χ0v) is 32.7. The Labute approximate surface area is 318 Å². The van der Waals surface area contributed by atoms with E-state index in [1.54, 1.807) is 6.92 Å². The first-order chi connectivity index (χ1) is 25.7. The lowest BCUT2D eigenvalue weighted by molar-refractivity contribution is -0.139. The van der Waals surface area contributed by atoms with Crippen LogP contribution in [-0.4, -0.2) is 95.7 Å². The lowest BCUT2D eigenvalue weighted by Gasteiger charge is -2.29. The number of imide groups is 1. The molecule has 12 heteroatoms. The molecule has 0 radical (unpaired) electrons. The molecule has 290 valence electrons. The Balaban J connectivity index is 1.45. The van der Waals surface area contributed by atoms with Gasteiger partial charge < -0.3 is 25.7 Å². The molecule has 0 bridgehead atoms. The molecule has 2 heterocycles. The number of hydrogen-bond acceptors (Lipinski definition) is 7. The molecule has 5 atom stereocenters. The number of nitrogens with one attached hydrogen (secondary N) is 4. The number of aromatic amines is 1. The first kappa shape index (κ1) is 41.5. The van der Waals surface area contributed by atoms with Gasteiger partial charge in [-0.05, 0) is 62.9 Å². The van der Waals surface area contributed by atoms with Crippen molar-refractivity contribution in [2.45, 2.75) is 90.5 Å². The molecule has 1 aromatic heterocycles. The lowest BCUT2D eigenvalue weighted by Crippen LogP contribution is -2.57. The summed E-state index contributed by atoms with van der Waals surface area (Å²) >= 11 is 0. The van der Waals surface area contributed by atoms with E-state index in [9.17, 15) is 24.0 Å². The molecule has 0 fully saturated rings. The summed E-state index contributed by atoms with van der Waals surface area (Å²) in [6.45, 7) is 9.70. The standard InChI is InChI=1S/C42H56N6O6/c1-26(2)20-33(45-41(52)34(22-29-14-10-9-11-15-29)46-42(53)36(47(6)7)21-27(3)4)40(51)44-28(5)18-19-38(49)48-35(37(54-8)24-39(48)50)23-30-25-43-32-17-13-12-16-31(30)32/h9-19,24-28,33-36,43H,20-23H2,1-8H3,(H,44,51)(H,45,52)(H,46,53)/b19-18+/t28-,33-,34-,35-,36-/m0/s1. The molecule has 2 aromatic carbocycles. The highest BCUT2D eigenvalue weighted by atomic mass is 16.5. The van der Waals surface area contributed by atoms with E-state index >= 15 is 0 Å². The number of benzene rings is 2. The second kappa shape index (κ2) is 19.2. The van der Waals surface area contributed by atoms with Crippen molar-refractivity contribution in [1.82, 2.24) is 30.7 Å². The van der Waals surface area contributed by atoms with Crippen LogP contribution in [0, 0.1) is 11.8 Å². The predicted molar refractivity (Wildman–Crippen MR) is 210 cm³/mol. The summed E-state index contributed by atoms with van der Waals surface area (Å²) in [5.41, 5.74) is 2.75. The number of hydrogen-bond donors (Lipinski definition) is 4. The number of para-hydroxylation sites is 1. The molecule has 3 aromatic rings. The minimum atomic E-state index is -0.923. The first-order valence-electron chi connectivity index (χ1n) is 18.7. The molecule has 0 saturated heterocycles. The summed E-state index contributed by atoms with van der Waals surface area (Å²) in [6, 6.07) is 13.7. The number of carbonyl (C=O) groups excluding carboxylic acids is 5. The van der Waals surface area contributed by atoms with Gasteiger partial charge in [-0.15, -0.1) is 0 Å². The van der Waals surface area contributed by atoms with Crippen molar-refractivity contribution in [2.75, 3.05) is 21.2 Å². The van der Waals surface area contributed by atoms with Gasteiger partial charge in [0.25, 0.3) is 11.8 Å². The number of rotatable bonds is 18. The van der Waals surface area contributed by atoms with Gasteiger partial charge in [-0.3, -0.25) is 33.8 Å². The molecule has 0 saturated carbocycles. The third-order valence-corrected chi connectivity index (χ3v) is 9.48. The number of carbonyl (C=O) groups is 5. The number of ether oxygens (including phenoxy) is 1. The van der Waals surface area contributed by atoms with Crippen LogP contribution in [-0.2, 0) is 41.6 Å². The number of nitrogens with zero attached hydrogens (tertiary/aromatic N) is 2. The molecule has 0 unspecified atom stereocenters. The van der Waals surface area contributed by atoms with Crippen molar-refractivity contribution in [3.63, 3.8) is 0 Å². The van der Waals surface area contributed by atoms with Crippen molar-refractivity contribution in [2.24, 2.45) is 11.8 Å². The Bertz CT molecular complexity index is 1830. The van der Waals surface area contributed by atoms with E-state index in [0.717, 1.165) is 26.9 Å². The van der Waals surface area contributed by atoms with Crippen LogP contribution in [0.1, 0.15) is 58.6 Å². The Morgan fingerprint density at radius 1 is 0.852 bits per heavy atom. The van der Waals surface area contributed by atoms with Crippen LogP contribution in [0.2, 0.25) is 0 Å². The molecule has 54 heavy (non-hydrogen) atoms. The van der Waals surface area contributed by atoms with Gasteiger partial charge in [0.15, 0.2) is 0 Å². The highest BCUT2D eigenvalue weighted by molar-refractivity contribution is 6.08. The van der Waals surface area contributed by atoms with E-state index in [4.69, 9.17) is 4.74 Å². The number of likely N-dealkylation sites (N-methyl/N-ethyl adjacent to an activating group) is 1. The summed E-state index contributed by atoms with van der Waals surface area (Å²) in [5.74, 6) is -1.49. The average Bonchev–Trinajstić information content (AvgIpc) is 3.68. The topological polar surface area (TPSA) is 153 Å². The molecular weight excluding hydrogens is 684 g/mol. The van der Waals surface area contributed by atoms with E-state index in [1.165, 1.54) is 25.3 Å². The zero-order valence-electron chi connectivity index (χ0n) is 32.7. The number of fused-ring (bicyclic) bond motifs is 1. The Hall–Kier alpha value is -5.23. The van der Waals surface area contributed by atoms with Gasteiger partial charge in [0.1, 0.15) is 23.9 Å². The molecule has 4 rings (SSSR count). The Morgan fingerprint density at radius 3 is 2.13 bits per heavy atom. The van der Waals surface area contributed by atoms with E-state index in [-0.39, 0.29) is 24.2 Å². The van der Waals surface area contributed by atoms with Gasteiger partial charge in [-0.1, -0.05) is 82.3 Å². The quantitative estimate of drug-likeness (QED) is 0.142. The fourth-order valence-corrected chi connectivity index (χ4v) is 6.71. The largest absolute Gasteiger partial charge is 0.499 e. The molecule has 5 amide bonds. The van der Waals surface area contributed by atoms with Crippen LogP contribution in [0.25, 0.3) is 10.9 Å². The zero-order chi connectivity index (χ0) is 39.5. The fourth-order valence-electron chi connectivity index (χ4n) is 6.71. The van der Waals surface area contributed by atoms with Gasteiger partial charge in [0.05, 0.1) is 13.2 Å². The maximum Gasteiger partial charge on any atom is 0.257 e. The maximum atomic E-state index is 13.9. The Kier molecular flexibility index (Phi) is 14.8. The number of amides is 5. The summed E-state index contributed by atoms with van der Waals surface area (Å²) in [4.78, 5) is 73.9. The van der Waals surface area contributed by atoms with Crippen LogP contribution >= 0.6 is 0 Å². The lowest BCUT2D eigenvalue weighted by atomic mass is 9.99. The van der Waals surface area contributed by atoms with Crippen molar-refractivity contribution < 1.29 is 28.7 Å². The summed E-state index contributed by atoms with van der Waals surface area (Å²) in [6.07, 6.45) is 7.55. The molecule has 4 N–H and O–H groups in total. The van der Waals surface area contributed by atoms with Crippen molar-refractivity contribution in [3.8, 4) is 0 Å². The number of H-pyrrole nitrogens is 1.